The largest absolute Gasteiger partial charge is 0.444 e. The molecule has 0 aliphatic heterocycles. The van der Waals surface area contributed by atoms with Crippen molar-refractivity contribution in [3.8, 4) is 11.5 Å². The highest BCUT2D eigenvalue weighted by molar-refractivity contribution is 5.92. The molecule has 0 aliphatic carbocycles. The predicted molar refractivity (Wildman–Crippen MR) is 94.8 cm³/mol. The summed E-state index contributed by atoms with van der Waals surface area (Å²) < 4.78 is 5.47. The molecule has 4 nitrogen and oxygen atoms in total. The van der Waals surface area contributed by atoms with Gasteiger partial charge >= 0.3 is 0 Å². The van der Waals surface area contributed by atoms with Crippen molar-refractivity contribution < 1.29 is 9.21 Å². The van der Waals surface area contributed by atoms with Gasteiger partial charge in [-0.3, -0.25) is 4.79 Å². The standard InChI is InChI=1S/C20H20N2O2/c1-14(2)17-10-6-7-11-18(17)22-19(23)12-16-13-24-20(21-16)15-8-4-3-5-9-15/h3-11,13-14H,12H2,1-2H3,(H,22,23). The SMILES string of the molecule is CC(C)c1ccccc1NC(=O)Cc1coc(-c2ccccc2)n1. The molecule has 4 heteroatoms. The van der Waals surface area contributed by atoms with E-state index in [9.17, 15) is 4.79 Å². The molecule has 0 spiro atoms. The van der Waals surface area contributed by atoms with Crippen molar-refractivity contribution in [1.82, 2.24) is 4.98 Å². The summed E-state index contributed by atoms with van der Waals surface area (Å²) in [5.41, 5.74) is 3.49. The molecule has 3 aromatic rings. The van der Waals surface area contributed by atoms with Gasteiger partial charge in [0, 0.05) is 11.3 Å². The lowest BCUT2D eigenvalue weighted by atomic mass is 10.0. The lowest BCUT2D eigenvalue weighted by Gasteiger charge is -2.13. The first kappa shape index (κ1) is 16.0. The number of amides is 1. The first-order chi connectivity index (χ1) is 11.6. The summed E-state index contributed by atoms with van der Waals surface area (Å²) in [6, 6.07) is 17.5. The van der Waals surface area contributed by atoms with Gasteiger partial charge in [-0.1, -0.05) is 50.2 Å². The van der Waals surface area contributed by atoms with Gasteiger partial charge in [-0.2, -0.15) is 0 Å². The zero-order chi connectivity index (χ0) is 16.9. The van der Waals surface area contributed by atoms with E-state index in [0.717, 1.165) is 16.8 Å². The normalized spacial score (nSPS) is 10.8. The Morgan fingerprint density at radius 1 is 1.08 bits per heavy atom. The Labute approximate surface area is 141 Å². The fraction of sp³-hybridized carbons (Fsp3) is 0.200. The van der Waals surface area contributed by atoms with E-state index in [2.05, 4.69) is 24.1 Å². The second kappa shape index (κ2) is 7.13. The Morgan fingerprint density at radius 2 is 1.79 bits per heavy atom. The number of hydrogen-bond donors (Lipinski definition) is 1. The lowest BCUT2D eigenvalue weighted by molar-refractivity contribution is -0.115. The van der Waals surface area contributed by atoms with Crippen molar-refractivity contribution in [1.29, 1.82) is 0 Å². The fourth-order valence-corrected chi connectivity index (χ4v) is 2.57. The molecule has 1 N–H and O–H groups in total. The molecule has 3 rings (SSSR count). The summed E-state index contributed by atoms with van der Waals surface area (Å²) in [5, 5.41) is 2.97. The van der Waals surface area contributed by atoms with E-state index in [1.165, 1.54) is 6.26 Å². The number of oxazole rings is 1. The highest BCUT2D eigenvalue weighted by Crippen LogP contribution is 2.24. The molecule has 0 aliphatic rings. The number of anilines is 1. The maximum atomic E-state index is 12.3. The Hall–Kier alpha value is -2.88. The quantitative estimate of drug-likeness (QED) is 0.744. The Bertz CT molecular complexity index is 822. The monoisotopic (exact) mass is 320 g/mol. The third kappa shape index (κ3) is 3.71. The molecule has 0 atom stereocenters. The number of benzene rings is 2. The minimum atomic E-state index is -0.101. The lowest BCUT2D eigenvalue weighted by Crippen LogP contribution is -2.16. The zero-order valence-electron chi connectivity index (χ0n) is 13.8. The minimum Gasteiger partial charge on any atom is -0.444 e. The Kier molecular flexibility index (Phi) is 4.75. The molecule has 0 fully saturated rings. The van der Waals surface area contributed by atoms with Crippen LogP contribution in [0.2, 0.25) is 0 Å². The van der Waals surface area contributed by atoms with E-state index in [4.69, 9.17) is 4.42 Å². The van der Waals surface area contributed by atoms with Crippen molar-refractivity contribution in [3.05, 3.63) is 72.1 Å². The summed E-state index contributed by atoms with van der Waals surface area (Å²) in [6.07, 6.45) is 1.72. The van der Waals surface area contributed by atoms with E-state index in [0.29, 0.717) is 17.5 Å². The molecular formula is C20H20N2O2. The first-order valence-corrected chi connectivity index (χ1v) is 8.02. The van der Waals surface area contributed by atoms with Crippen LogP contribution in [0.3, 0.4) is 0 Å². The van der Waals surface area contributed by atoms with Crippen LogP contribution in [0.5, 0.6) is 0 Å². The second-order valence-electron chi connectivity index (χ2n) is 5.98. The number of hydrogen-bond acceptors (Lipinski definition) is 3. The van der Waals surface area contributed by atoms with E-state index in [1.807, 2.05) is 54.6 Å². The van der Waals surface area contributed by atoms with Gasteiger partial charge in [0.15, 0.2) is 0 Å². The molecule has 122 valence electrons. The molecule has 0 saturated carbocycles. The van der Waals surface area contributed by atoms with Crippen LogP contribution in [0.4, 0.5) is 5.69 Å². The molecule has 0 bridgehead atoms. The van der Waals surface area contributed by atoms with Gasteiger partial charge in [-0.25, -0.2) is 4.98 Å². The summed E-state index contributed by atoms with van der Waals surface area (Å²) in [4.78, 5) is 16.7. The molecule has 1 aromatic heterocycles. The average molecular weight is 320 g/mol. The maximum absolute atomic E-state index is 12.3. The molecule has 1 heterocycles. The van der Waals surface area contributed by atoms with Gasteiger partial charge in [0.2, 0.25) is 11.8 Å². The molecule has 24 heavy (non-hydrogen) atoms. The summed E-state index contributed by atoms with van der Waals surface area (Å²) in [5.74, 6) is 0.773. The van der Waals surface area contributed by atoms with Gasteiger partial charge in [0.1, 0.15) is 6.26 Å². The number of nitrogens with zero attached hydrogens (tertiary/aromatic N) is 1. The van der Waals surface area contributed by atoms with Crippen molar-refractivity contribution >= 4 is 11.6 Å². The van der Waals surface area contributed by atoms with Crippen LogP contribution >= 0.6 is 0 Å². The zero-order valence-corrected chi connectivity index (χ0v) is 13.8. The first-order valence-electron chi connectivity index (χ1n) is 8.02. The smallest absolute Gasteiger partial charge is 0.230 e. The minimum absolute atomic E-state index is 0.101. The molecule has 0 radical (unpaired) electrons. The molecular weight excluding hydrogens is 300 g/mol. The van der Waals surface area contributed by atoms with Crippen LogP contribution in [-0.2, 0) is 11.2 Å². The second-order valence-corrected chi connectivity index (χ2v) is 5.98. The Morgan fingerprint density at radius 3 is 2.54 bits per heavy atom. The van der Waals surface area contributed by atoms with Gasteiger partial charge in [0.05, 0.1) is 12.1 Å². The van der Waals surface area contributed by atoms with Crippen LogP contribution in [0, 0.1) is 0 Å². The number of carbonyl (C=O) groups excluding carboxylic acids is 1. The summed E-state index contributed by atoms with van der Waals surface area (Å²) in [7, 11) is 0. The van der Waals surface area contributed by atoms with E-state index >= 15 is 0 Å². The number of para-hydroxylation sites is 1. The van der Waals surface area contributed by atoms with E-state index in [-0.39, 0.29) is 12.3 Å². The number of carbonyl (C=O) groups is 1. The summed E-state index contributed by atoms with van der Waals surface area (Å²) in [6.45, 7) is 4.21. The Balaban J connectivity index is 1.69. The third-order valence-corrected chi connectivity index (χ3v) is 3.77. The van der Waals surface area contributed by atoms with Gasteiger partial charge < -0.3 is 9.73 Å². The van der Waals surface area contributed by atoms with Crippen molar-refractivity contribution in [2.24, 2.45) is 0 Å². The van der Waals surface area contributed by atoms with Crippen LogP contribution in [0.15, 0.2) is 65.3 Å². The van der Waals surface area contributed by atoms with E-state index < -0.39 is 0 Å². The molecule has 1 amide bonds. The van der Waals surface area contributed by atoms with Crippen LogP contribution in [0.1, 0.15) is 31.0 Å². The average Bonchev–Trinajstić information content (AvgIpc) is 3.04. The van der Waals surface area contributed by atoms with Crippen LogP contribution in [-0.4, -0.2) is 10.9 Å². The van der Waals surface area contributed by atoms with Crippen LogP contribution < -0.4 is 5.32 Å². The highest BCUT2D eigenvalue weighted by Gasteiger charge is 2.13. The number of rotatable bonds is 5. The highest BCUT2D eigenvalue weighted by atomic mass is 16.3. The predicted octanol–water partition coefficient (Wildman–Crippen LogP) is 4.65. The number of nitrogens with one attached hydrogen (secondary N) is 1. The third-order valence-electron chi connectivity index (χ3n) is 3.77. The van der Waals surface area contributed by atoms with Gasteiger partial charge in [-0.05, 0) is 29.7 Å². The molecule has 0 saturated heterocycles. The number of aromatic nitrogens is 1. The summed E-state index contributed by atoms with van der Waals surface area (Å²) >= 11 is 0. The van der Waals surface area contributed by atoms with Gasteiger partial charge in [-0.15, -0.1) is 0 Å². The van der Waals surface area contributed by atoms with Crippen LogP contribution in [0.25, 0.3) is 11.5 Å². The van der Waals surface area contributed by atoms with Crippen molar-refractivity contribution in [3.63, 3.8) is 0 Å². The van der Waals surface area contributed by atoms with Crippen molar-refractivity contribution in [2.75, 3.05) is 5.32 Å². The van der Waals surface area contributed by atoms with Gasteiger partial charge in [0.25, 0.3) is 0 Å². The molecule has 2 aromatic carbocycles. The van der Waals surface area contributed by atoms with Crippen molar-refractivity contribution in [2.45, 2.75) is 26.2 Å². The maximum Gasteiger partial charge on any atom is 0.230 e. The van der Waals surface area contributed by atoms with E-state index in [1.54, 1.807) is 0 Å². The topological polar surface area (TPSA) is 55.1 Å². The molecule has 0 unspecified atom stereocenters. The fourth-order valence-electron chi connectivity index (χ4n) is 2.57.